The second-order valence-corrected chi connectivity index (χ2v) is 5.70. The second-order valence-electron chi connectivity index (χ2n) is 4.84. The van der Waals surface area contributed by atoms with E-state index < -0.39 is 12.8 Å². The molecule has 24 heavy (non-hydrogen) atoms. The molecule has 9 heteroatoms. The van der Waals surface area contributed by atoms with Gasteiger partial charge in [0, 0.05) is 10.9 Å². The SMILES string of the molecule is COc1ccc(C=NNc2nc(C)cs2)cc1COCC(F)(F)F. The Labute approximate surface area is 141 Å². The third-order valence-electron chi connectivity index (χ3n) is 2.82. The largest absolute Gasteiger partial charge is 0.496 e. The number of anilines is 1. The molecule has 0 aliphatic carbocycles. The van der Waals surface area contributed by atoms with Gasteiger partial charge in [0.25, 0.3) is 0 Å². The number of alkyl halides is 3. The predicted octanol–water partition coefficient (Wildman–Crippen LogP) is 3.99. The Bertz CT molecular complexity index is 702. The van der Waals surface area contributed by atoms with Crippen molar-refractivity contribution in [2.75, 3.05) is 19.1 Å². The summed E-state index contributed by atoms with van der Waals surface area (Å²) >= 11 is 1.42. The van der Waals surface area contributed by atoms with Gasteiger partial charge in [0.2, 0.25) is 5.13 Å². The van der Waals surface area contributed by atoms with Crippen molar-refractivity contribution in [2.24, 2.45) is 5.10 Å². The number of hydrogen-bond acceptors (Lipinski definition) is 6. The Morgan fingerprint density at radius 1 is 1.38 bits per heavy atom. The van der Waals surface area contributed by atoms with Crippen LogP contribution in [0.15, 0.2) is 28.7 Å². The van der Waals surface area contributed by atoms with Crippen LogP contribution in [0.3, 0.4) is 0 Å². The maximum absolute atomic E-state index is 12.2. The Morgan fingerprint density at radius 2 is 2.17 bits per heavy atom. The van der Waals surface area contributed by atoms with Crippen LogP contribution < -0.4 is 10.2 Å². The maximum atomic E-state index is 12.2. The molecule has 5 nitrogen and oxygen atoms in total. The van der Waals surface area contributed by atoms with Crippen molar-refractivity contribution in [2.45, 2.75) is 19.7 Å². The third kappa shape index (κ3) is 5.82. The number of benzene rings is 1. The number of hydrogen-bond donors (Lipinski definition) is 1. The summed E-state index contributed by atoms with van der Waals surface area (Å²) in [4.78, 5) is 4.20. The normalized spacial score (nSPS) is 11.9. The van der Waals surface area contributed by atoms with Gasteiger partial charge in [0.1, 0.15) is 12.4 Å². The van der Waals surface area contributed by atoms with Gasteiger partial charge in [0.05, 0.1) is 25.6 Å². The van der Waals surface area contributed by atoms with Crippen LogP contribution in [0.25, 0.3) is 0 Å². The molecule has 2 aromatic rings. The molecule has 0 aliphatic rings. The van der Waals surface area contributed by atoms with E-state index in [0.717, 1.165) is 5.69 Å². The highest BCUT2D eigenvalue weighted by Gasteiger charge is 2.27. The van der Waals surface area contributed by atoms with Crippen molar-refractivity contribution in [3.63, 3.8) is 0 Å². The molecule has 0 bridgehead atoms. The lowest BCUT2D eigenvalue weighted by Gasteiger charge is -2.11. The fourth-order valence-corrected chi connectivity index (χ4v) is 2.47. The first-order valence-electron chi connectivity index (χ1n) is 6.90. The number of aromatic nitrogens is 1. The van der Waals surface area contributed by atoms with Crippen molar-refractivity contribution in [3.05, 3.63) is 40.4 Å². The molecular formula is C15H16F3N3O2S. The summed E-state index contributed by atoms with van der Waals surface area (Å²) in [6.07, 6.45) is -2.81. The van der Waals surface area contributed by atoms with Crippen LogP contribution in [0.2, 0.25) is 0 Å². The van der Waals surface area contributed by atoms with Gasteiger partial charge in [-0.15, -0.1) is 11.3 Å². The van der Waals surface area contributed by atoms with Crippen LogP contribution in [0, 0.1) is 6.92 Å². The van der Waals surface area contributed by atoms with Gasteiger partial charge in [-0.25, -0.2) is 4.98 Å². The monoisotopic (exact) mass is 359 g/mol. The van der Waals surface area contributed by atoms with Crippen LogP contribution in [-0.4, -0.2) is 31.1 Å². The smallest absolute Gasteiger partial charge is 0.411 e. The van der Waals surface area contributed by atoms with Crippen molar-refractivity contribution in [1.82, 2.24) is 4.98 Å². The molecule has 0 saturated carbocycles. The van der Waals surface area contributed by atoms with Crippen LogP contribution in [0.4, 0.5) is 18.3 Å². The minimum atomic E-state index is -4.36. The lowest BCUT2D eigenvalue weighted by atomic mass is 10.1. The molecule has 2 rings (SSSR count). The van der Waals surface area contributed by atoms with E-state index in [1.54, 1.807) is 24.4 Å². The van der Waals surface area contributed by atoms with Gasteiger partial charge in [-0.05, 0) is 30.7 Å². The van der Waals surface area contributed by atoms with Gasteiger partial charge in [-0.1, -0.05) is 0 Å². The molecule has 0 fully saturated rings. The summed E-state index contributed by atoms with van der Waals surface area (Å²) in [5, 5.41) is 6.60. The molecule has 0 unspecified atom stereocenters. The predicted molar refractivity (Wildman–Crippen MR) is 86.8 cm³/mol. The second kappa shape index (κ2) is 8.11. The summed E-state index contributed by atoms with van der Waals surface area (Å²) in [5.74, 6) is 0.456. The average molecular weight is 359 g/mol. The number of aryl methyl sites for hydroxylation is 1. The molecule has 0 aliphatic heterocycles. The molecule has 1 N–H and O–H groups in total. The zero-order valence-electron chi connectivity index (χ0n) is 13.1. The number of rotatable bonds is 7. The molecule has 0 saturated heterocycles. The molecule has 0 amide bonds. The van der Waals surface area contributed by atoms with E-state index in [1.807, 2.05) is 12.3 Å². The highest BCUT2D eigenvalue weighted by molar-refractivity contribution is 7.13. The Balaban J connectivity index is 2.01. The average Bonchev–Trinajstić information content (AvgIpc) is 2.92. The highest BCUT2D eigenvalue weighted by Crippen LogP contribution is 2.22. The number of methoxy groups -OCH3 is 1. The standard InChI is InChI=1S/C15H16F3N3O2S/c1-10-8-24-14(20-10)21-19-6-11-3-4-13(22-2)12(5-11)7-23-9-15(16,17)18/h3-6,8H,7,9H2,1-2H3,(H,20,21). The van der Waals surface area contributed by atoms with E-state index in [0.29, 0.717) is 22.0 Å². The van der Waals surface area contributed by atoms with E-state index in [-0.39, 0.29) is 6.61 Å². The number of halogens is 3. The van der Waals surface area contributed by atoms with Gasteiger partial charge in [0.15, 0.2) is 0 Å². The maximum Gasteiger partial charge on any atom is 0.411 e. The van der Waals surface area contributed by atoms with Gasteiger partial charge in [-0.3, -0.25) is 5.43 Å². The summed E-state index contributed by atoms with van der Waals surface area (Å²) in [7, 11) is 1.45. The quantitative estimate of drug-likeness (QED) is 0.600. The Hall–Kier alpha value is -2.13. The lowest BCUT2D eigenvalue weighted by molar-refractivity contribution is -0.176. The molecule has 1 aromatic carbocycles. The molecule has 0 radical (unpaired) electrons. The van der Waals surface area contributed by atoms with E-state index in [9.17, 15) is 13.2 Å². The van der Waals surface area contributed by atoms with E-state index >= 15 is 0 Å². The molecular weight excluding hydrogens is 343 g/mol. The van der Waals surface area contributed by atoms with Gasteiger partial charge in [-0.2, -0.15) is 18.3 Å². The van der Waals surface area contributed by atoms with Crippen molar-refractivity contribution in [3.8, 4) is 5.75 Å². The summed E-state index contributed by atoms with van der Waals surface area (Å²) < 4.78 is 46.3. The number of nitrogens with one attached hydrogen (secondary N) is 1. The molecule has 130 valence electrons. The summed E-state index contributed by atoms with van der Waals surface area (Å²) in [6, 6.07) is 5.05. The molecule has 1 heterocycles. The minimum Gasteiger partial charge on any atom is -0.496 e. The van der Waals surface area contributed by atoms with Crippen LogP contribution in [-0.2, 0) is 11.3 Å². The van der Waals surface area contributed by atoms with Gasteiger partial charge < -0.3 is 9.47 Å². The Kier molecular flexibility index (Phi) is 6.16. The molecule has 0 atom stereocenters. The highest BCUT2D eigenvalue weighted by atomic mass is 32.1. The van der Waals surface area contributed by atoms with Crippen LogP contribution in [0.5, 0.6) is 5.75 Å². The van der Waals surface area contributed by atoms with E-state index in [4.69, 9.17) is 4.74 Å². The summed E-state index contributed by atoms with van der Waals surface area (Å²) in [5.41, 5.74) is 4.89. The van der Waals surface area contributed by atoms with Crippen molar-refractivity contribution >= 4 is 22.7 Å². The van der Waals surface area contributed by atoms with Gasteiger partial charge >= 0.3 is 6.18 Å². The zero-order chi connectivity index (χ0) is 17.6. The minimum absolute atomic E-state index is 0.205. The number of nitrogens with zero attached hydrogens (tertiary/aromatic N) is 2. The number of ether oxygens (including phenoxy) is 2. The molecule has 0 spiro atoms. The zero-order valence-corrected chi connectivity index (χ0v) is 13.9. The van der Waals surface area contributed by atoms with Crippen molar-refractivity contribution < 1.29 is 22.6 Å². The van der Waals surface area contributed by atoms with Crippen molar-refractivity contribution in [1.29, 1.82) is 0 Å². The lowest BCUT2D eigenvalue weighted by Crippen LogP contribution is -2.16. The number of hydrazone groups is 1. The summed E-state index contributed by atoms with van der Waals surface area (Å²) in [6.45, 7) is 0.366. The van der Waals surface area contributed by atoms with E-state index in [1.165, 1.54) is 18.4 Å². The first-order chi connectivity index (χ1) is 11.4. The van der Waals surface area contributed by atoms with E-state index in [2.05, 4.69) is 20.2 Å². The van der Waals surface area contributed by atoms with Crippen LogP contribution >= 0.6 is 11.3 Å². The third-order valence-corrected chi connectivity index (χ3v) is 3.69. The topological polar surface area (TPSA) is 55.7 Å². The fourth-order valence-electron chi connectivity index (χ4n) is 1.84. The van der Waals surface area contributed by atoms with Crippen LogP contribution in [0.1, 0.15) is 16.8 Å². The fraction of sp³-hybridized carbons (Fsp3) is 0.333. The first-order valence-corrected chi connectivity index (χ1v) is 7.78. The first kappa shape index (κ1) is 18.2. The molecule has 1 aromatic heterocycles. The Morgan fingerprint density at radius 3 is 2.79 bits per heavy atom. The number of thiazole rings is 1.